The SMILES string of the molecule is CCC(O)(c1ccccc1)c1ccc(C)s1. The average molecular weight is 232 g/mol. The second-order valence-electron chi connectivity index (χ2n) is 3.99. The van der Waals surface area contributed by atoms with Crippen molar-refractivity contribution in [2.45, 2.75) is 25.9 Å². The molecule has 1 aromatic heterocycles. The van der Waals surface area contributed by atoms with Gasteiger partial charge in [-0.25, -0.2) is 0 Å². The van der Waals surface area contributed by atoms with Crippen molar-refractivity contribution in [2.75, 3.05) is 0 Å². The predicted molar refractivity (Wildman–Crippen MR) is 68.8 cm³/mol. The summed E-state index contributed by atoms with van der Waals surface area (Å²) in [7, 11) is 0. The van der Waals surface area contributed by atoms with E-state index >= 15 is 0 Å². The number of aliphatic hydroxyl groups is 1. The van der Waals surface area contributed by atoms with Gasteiger partial charge >= 0.3 is 0 Å². The maximum Gasteiger partial charge on any atom is 0.123 e. The van der Waals surface area contributed by atoms with Crippen molar-refractivity contribution in [3.05, 3.63) is 57.8 Å². The molecular weight excluding hydrogens is 216 g/mol. The lowest BCUT2D eigenvalue weighted by Crippen LogP contribution is -2.24. The third kappa shape index (κ3) is 1.91. The highest BCUT2D eigenvalue weighted by atomic mass is 32.1. The maximum atomic E-state index is 10.8. The van der Waals surface area contributed by atoms with Crippen LogP contribution in [0.3, 0.4) is 0 Å². The van der Waals surface area contributed by atoms with Gasteiger partial charge in [-0.05, 0) is 31.0 Å². The summed E-state index contributed by atoms with van der Waals surface area (Å²) in [5, 5.41) is 10.8. The molecule has 0 saturated heterocycles. The van der Waals surface area contributed by atoms with Crippen molar-refractivity contribution >= 4 is 11.3 Å². The minimum Gasteiger partial charge on any atom is -0.380 e. The van der Waals surface area contributed by atoms with Crippen molar-refractivity contribution in [1.29, 1.82) is 0 Å². The van der Waals surface area contributed by atoms with Gasteiger partial charge in [0, 0.05) is 9.75 Å². The normalized spacial score (nSPS) is 14.7. The van der Waals surface area contributed by atoms with Crippen LogP contribution in [-0.2, 0) is 5.60 Å². The molecule has 0 aliphatic rings. The molecule has 0 radical (unpaired) electrons. The standard InChI is InChI=1S/C14H16OS/c1-3-14(15,12-7-5-4-6-8-12)13-10-9-11(2)16-13/h4-10,15H,3H2,1-2H3. The molecule has 1 N–H and O–H groups in total. The van der Waals surface area contributed by atoms with Gasteiger partial charge in [0.25, 0.3) is 0 Å². The van der Waals surface area contributed by atoms with E-state index in [-0.39, 0.29) is 0 Å². The number of hydrogen-bond acceptors (Lipinski definition) is 2. The molecular formula is C14H16OS. The Bertz CT molecular complexity index is 461. The molecule has 0 aliphatic heterocycles. The molecule has 0 fully saturated rings. The van der Waals surface area contributed by atoms with Gasteiger partial charge in [0.15, 0.2) is 0 Å². The van der Waals surface area contributed by atoms with Crippen LogP contribution < -0.4 is 0 Å². The summed E-state index contributed by atoms with van der Waals surface area (Å²) in [6.45, 7) is 4.08. The van der Waals surface area contributed by atoms with E-state index in [2.05, 4.69) is 13.0 Å². The zero-order valence-corrected chi connectivity index (χ0v) is 10.4. The van der Waals surface area contributed by atoms with Crippen LogP contribution in [0.1, 0.15) is 28.7 Å². The number of rotatable bonds is 3. The van der Waals surface area contributed by atoms with Crippen LogP contribution >= 0.6 is 11.3 Å². The summed E-state index contributed by atoms with van der Waals surface area (Å²) >= 11 is 1.66. The molecule has 0 saturated carbocycles. The van der Waals surface area contributed by atoms with Gasteiger partial charge in [0.2, 0.25) is 0 Å². The fourth-order valence-corrected chi connectivity index (χ4v) is 2.94. The molecule has 1 heterocycles. The van der Waals surface area contributed by atoms with Gasteiger partial charge in [-0.15, -0.1) is 11.3 Å². The Morgan fingerprint density at radius 3 is 2.31 bits per heavy atom. The van der Waals surface area contributed by atoms with Crippen LogP contribution in [0.4, 0.5) is 0 Å². The molecule has 0 spiro atoms. The summed E-state index contributed by atoms with van der Waals surface area (Å²) < 4.78 is 0. The van der Waals surface area contributed by atoms with Gasteiger partial charge < -0.3 is 5.11 Å². The first-order chi connectivity index (χ1) is 7.66. The van der Waals surface area contributed by atoms with Crippen molar-refractivity contribution in [1.82, 2.24) is 0 Å². The number of hydrogen-bond donors (Lipinski definition) is 1. The van der Waals surface area contributed by atoms with E-state index in [1.165, 1.54) is 4.88 Å². The Hall–Kier alpha value is -1.12. The van der Waals surface area contributed by atoms with Gasteiger partial charge in [-0.3, -0.25) is 0 Å². The molecule has 84 valence electrons. The van der Waals surface area contributed by atoms with Gasteiger partial charge in [-0.1, -0.05) is 37.3 Å². The zero-order valence-electron chi connectivity index (χ0n) is 9.60. The molecule has 1 atom stereocenters. The minimum absolute atomic E-state index is 0.691. The van der Waals surface area contributed by atoms with E-state index in [1.54, 1.807) is 11.3 Å². The van der Waals surface area contributed by atoms with E-state index in [9.17, 15) is 5.11 Å². The Labute approximate surface area is 100 Å². The first-order valence-electron chi connectivity index (χ1n) is 5.51. The van der Waals surface area contributed by atoms with Crippen molar-refractivity contribution in [3.63, 3.8) is 0 Å². The van der Waals surface area contributed by atoms with Crippen LogP contribution in [0.25, 0.3) is 0 Å². The summed E-state index contributed by atoms with van der Waals surface area (Å²) in [4.78, 5) is 2.26. The molecule has 1 nitrogen and oxygen atoms in total. The summed E-state index contributed by atoms with van der Waals surface area (Å²) in [6.07, 6.45) is 0.691. The van der Waals surface area contributed by atoms with Crippen LogP contribution in [0.15, 0.2) is 42.5 Å². The van der Waals surface area contributed by atoms with E-state index in [4.69, 9.17) is 0 Å². The van der Waals surface area contributed by atoms with Gasteiger partial charge in [0.1, 0.15) is 5.60 Å². The van der Waals surface area contributed by atoms with Crippen LogP contribution in [-0.4, -0.2) is 5.11 Å². The van der Waals surface area contributed by atoms with Crippen LogP contribution in [0.2, 0.25) is 0 Å². The number of benzene rings is 1. The highest BCUT2D eigenvalue weighted by molar-refractivity contribution is 7.12. The van der Waals surface area contributed by atoms with Crippen LogP contribution in [0, 0.1) is 6.92 Å². The lowest BCUT2D eigenvalue weighted by Gasteiger charge is -2.26. The molecule has 2 rings (SSSR count). The van der Waals surface area contributed by atoms with E-state index in [1.807, 2.05) is 43.3 Å². The van der Waals surface area contributed by atoms with Crippen molar-refractivity contribution in [3.8, 4) is 0 Å². The third-order valence-corrected chi connectivity index (χ3v) is 4.06. The minimum atomic E-state index is -0.833. The maximum absolute atomic E-state index is 10.8. The Morgan fingerprint density at radius 2 is 1.81 bits per heavy atom. The highest BCUT2D eigenvalue weighted by Crippen LogP contribution is 2.36. The molecule has 0 bridgehead atoms. The quantitative estimate of drug-likeness (QED) is 0.855. The lowest BCUT2D eigenvalue weighted by molar-refractivity contribution is 0.0804. The van der Waals surface area contributed by atoms with Crippen molar-refractivity contribution in [2.24, 2.45) is 0 Å². The molecule has 1 aromatic carbocycles. The lowest BCUT2D eigenvalue weighted by atomic mass is 9.90. The molecule has 0 amide bonds. The van der Waals surface area contributed by atoms with E-state index in [0.717, 1.165) is 10.4 Å². The zero-order chi connectivity index (χ0) is 11.6. The summed E-state index contributed by atoms with van der Waals surface area (Å²) in [5.41, 5.74) is 0.138. The summed E-state index contributed by atoms with van der Waals surface area (Å²) in [5.74, 6) is 0. The Morgan fingerprint density at radius 1 is 1.12 bits per heavy atom. The first kappa shape index (κ1) is 11.4. The second kappa shape index (κ2) is 4.40. The number of aryl methyl sites for hydroxylation is 1. The largest absolute Gasteiger partial charge is 0.380 e. The monoisotopic (exact) mass is 232 g/mol. The molecule has 16 heavy (non-hydrogen) atoms. The Balaban J connectivity index is 2.48. The second-order valence-corrected chi connectivity index (χ2v) is 5.28. The van der Waals surface area contributed by atoms with Crippen LogP contribution in [0.5, 0.6) is 0 Å². The molecule has 0 aliphatic carbocycles. The first-order valence-corrected chi connectivity index (χ1v) is 6.33. The third-order valence-electron chi connectivity index (χ3n) is 2.91. The average Bonchev–Trinajstić information content (AvgIpc) is 2.76. The van der Waals surface area contributed by atoms with Crippen molar-refractivity contribution < 1.29 is 5.11 Å². The van der Waals surface area contributed by atoms with Gasteiger partial charge in [0.05, 0.1) is 0 Å². The smallest absolute Gasteiger partial charge is 0.123 e. The Kier molecular flexibility index (Phi) is 3.13. The summed E-state index contributed by atoms with van der Waals surface area (Å²) in [6, 6.07) is 14.0. The molecule has 2 aromatic rings. The van der Waals surface area contributed by atoms with E-state index < -0.39 is 5.60 Å². The predicted octanol–water partition coefficient (Wildman–Crippen LogP) is 3.70. The van der Waals surface area contributed by atoms with E-state index in [0.29, 0.717) is 6.42 Å². The topological polar surface area (TPSA) is 20.2 Å². The van der Waals surface area contributed by atoms with Gasteiger partial charge in [-0.2, -0.15) is 0 Å². The number of thiophene rings is 1. The molecule has 2 heteroatoms. The fourth-order valence-electron chi connectivity index (χ4n) is 1.89. The highest BCUT2D eigenvalue weighted by Gasteiger charge is 2.30. The fraction of sp³-hybridized carbons (Fsp3) is 0.286. The molecule has 1 unspecified atom stereocenters.